The molecule has 0 radical (unpaired) electrons. The highest BCUT2D eigenvalue weighted by atomic mass is 16.5. The van der Waals surface area contributed by atoms with Crippen LogP contribution in [0.3, 0.4) is 0 Å². The van der Waals surface area contributed by atoms with Crippen LogP contribution in [0, 0.1) is 20.8 Å². The average molecular weight is 445 g/mol. The number of carbonyl (C=O) groups is 1. The first kappa shape index (κ1) is 22.8. The first-order valence-corrected chi connectivity index (χ1v) is 11.6. The van der Waals surface area contributed by atoms with Gasteiger partial charge in [0.05, 0.1) is 5.69 Å². The number of carbonyl (C=O) groups excluding carboxylic acids is 1. The third kappa shape index (κ3) is 5.16. The van der Waals surface area contributed by atoms with E-state index < -0.39 is 0 Å². The van der Waals surface area contributed by atoms with Gasteiger partial charge in [-0.05, 0) is 73.7 Å². The van der Waals surface area contributed by atoms with Crippen molar-refractivity contribution in [2.24, 2.45) is 0 Å². The van der Waals surface area contributed by atoms with E-state index >= 15 is 0 Å². The number of hydrogen-bond donors (Lipinski definition) is 0. The summed E-state index contributed by atoms with van der Waals surface area (Å²) >= 11 is 0. The van der Waals surface area contributed by atoms with Gasteiger partial charge in [-0.2, -0.15) is 0 Å². The van der Waals surface area contributed by atoms with E-state index in [0.717, 1.165) is 47.9 Å². The summed E-state index contributed by atoms with van der Waals surface area (Å²) in [6.07, 6.45) is 0.881. The molecule has 4 rings (SSSR count). The summed E-state index contributed by atoms with van der Waals surface area (Å²) in [7, 11) is 0. The molecule has 0 N–H and O–H groups in total. The highest BCUT2D eigenvalue weighted by molar-refractivity contribution is 5.78. The lowest BCUT2D eigenvalue weighted by atomic mass is 9.99. The fourth-order valence-electron chi connectivity index (χ4n) is 4.23. The van der Waals surface area contributed by atoms with Gasteiger partial charge < -0.3 is 14.5 Å². The molecule has 1 amide bonds. The molecule has 33 heavy (non-hydrogen) atoms. The zero-order valence-corrected chi connectivity index (χ0v) is 20.0. The third-order valence-electron chi connectivity index (χ3n) is 6.43. The predicted octanol–water partition coefficient (Wildman–Crippen LogP) is 4.36. The molecular formula is C27H32N4O2. The van der Waals surface area contributed by atoms with E-state index in [1.54, 1.807) is 0 Å². The van der Waals surface area contributed by atoms with E-state index in [4.69, 9.17) is 4.74 Å². The number of benzene rings is 2. The molecule has 172 valence electrons. The first-order chi connectivity index (χ1) is 16.0. The molecular weight excluding hydrogens is 412 g/mol. The Morgan fingerprint density at radius 3 is 2.33 bits per heavy atom. The van der Waals surface area contributed by atoms with Gasteiger partial charge in [-0.15, -0.1) is 10.2 Å². The van der Waals surface area contributed by atoms with E-state index in [-0.39, 0.29) is 12.5 Å². The number of rotatable bonds is 6. The van der Waals surface area contributed by atoms with Crippen LogP contribution in [0.25, 0.3) is 11.3 Å². The molecule has 1 aromatic heterocycles. The number of aromatic nitrogens is 2. The first-order valence-electron chi connectivity index (χ1n) is 11.6. The van der Waals surface area contributed by atoms with Gasteiger partial charge >= 0.3 is 0 Å². The van der Waals surface area contributed by atoms with Crippen molar-refractivity contribution in [2.75, 3.05) is 37.7 Å². The summed E-state index contributed by atoms with van der Waals surface area (Å²) in [5.74, 6) is 1.66. The second-order valence-electron chi connectivity index (χ2n) is 8.65. The summed E-state index contributed by atoms with van der Waals surface area (Å²) in [4.78, 5) is 16.7. The van der Waals surface area contributed by atoms with Gasteiger partial charge in [0.2, 0.25) is 0 Å². The van der Waals surface area contributed by atoms with Crippen LogP contribution >= 0.6 is 0 Å². The molecule has 6 nitrogen and oxygen atoms in total. The molecule has 0 bridgehead atoms. The fourth-order valence-corrected chi connectivity index (χ4v) is 4.23. The molecule has 1 aliphatic rings. The number of ether oxygens (including phenoxy) is 1. The van der Waals surface area contributed by atoms with E-state index in [9.17, 15) is 4.79 Å². The summed E-state index contributed by atoms with van der Waals surface area (Å²) in [5, 5.41) is 8.98. The van der Waals surface area contributed by atoms with Crippen molar-refractivity contribution < 1.29 is 9.53 Å². The number of anilines is 1. The summed E-state index contributed by atoms with van der Waals surface area (Å²) in [5.41, 5.74) is 6.87. The maximum Gasteiger partial charge on any atom is 0.260 e. The number of nitrogens with zero attached hydrogens (tertiary/aromatic N) is 4. The maximum atomic E-state index is 12.7. The minimum absolute atomic E-state index is 0.0206. The van der Waals surface area contributed by atoms with Crippen molar-refractivity contribution in [1.29, 1.82) is 0 Å². The average Bonchev–Trinajstić information content (AvgIpc) is 2.85. The molecule has 1 fully saturated rings. The predicted molar refractivity (Wildman–Crippen MR) is 132 cm³/mol. The highest BCUT2D eigenvalue weighted by Crippen LogP contribution is 2.26. The molecule has 2 heterocycles. The monoisotopic (exact) mass is 444 g/mol. The third-order valence-corrected chi connectivity index (χ3v) is 6.43. The molecule has 0 unspecified atom stereocenters. The van der Waals surface area contributed by atoms with Gasteiger partial charge in [-0.1, -0.05) is 31.2 Å². The number of amides is 1. The lowest BCUT2D eigenvalue weighted by Gasteiger charge is -2.35. The molecule has 0 atom stereocenters. The Labute approximate surface area is 196 Å². The Morgan fingerprint density at radius 2 is 1.64 bits per heavy atom. The Bertz CT molecular complexity index is 1120. The lowest BCUT2D eigenvalue weighted by molar-refractivity contribution is -0.133. The smallest absolute Gasteiger partial charge is 0.260 e. The number of aryl methyl sites for hydroxylation is 4. The quantitative estimate of drug-likeness (QED) is 0.565. The minimum atomic E-state index is 0.0206. The van der Waals surface area contributed by atoms with Gasteiger partial charge in [0.1, 0.15) is 5.75 Å². The van der Waals surface area contributed by atoms with Crippen LogP contribution in [0.4, 0.5) is 5.82 Å². The van der Waals surface area contributed by atoms with Crippen molar-refractivity contribution >= 4 is 11.7 Å². The lowest BCUT2D eigenvalue weighted by Crippen LogP contribution is -2.50. The van der Waals surface area contributed by atoms with Crippen molar-refractivity contribution in [3.05, 3.63) is 70.8 Å². The molecule has 3 aromatic rings. The normalized spacial score (nSPS) is 13.8. The Morgan fingerprint density at radius 1 is 0.909 bits per heavy atom. The second-order valence-corrected chi connectivity index (χ2v) is 8.65. The molecule has 2 aromatic carbocycles. The van der Waals surface area contributed by atoms with Crippen LogP contribution in [0.2, 0.25) is 0 Å². The van der Waals surface area contributed by atoms with Crippen LogP contribution in [0.1, 0.15) is 29.2 Å². The highest BCUT2D eigenvalue weighted by Gasteiger charge is 2.23. The Balaban J connectivity index is 1.33. The summed E-state index contributed by atoms with van der Waals surface area (Å²) in [6.45, 7) is 11.3. The zero-order valence-electron chi connectivity index (χ0n) is 20.0. The standard InChI is InChI=1S/C27H32N4O2/c1-5-22-8-6-7-9-25(22)33-18-27(32)31-14-12-30(13-15-31)26-11-10-24(28-29-26)23-17-20(3)19(2)16-21(23)4/h6-11,16-17H,5,12-15,18H2,1-4H3. The van der Waals surface area contributed by atoms with Crippen molar-refractivity contribution in [3.63, 3.8) is 0 Å². The van der Waals surface area contributed by atoms with E-state index in [1.165, 1.54) is 16.7 Å². The van der Waals surface area contributed by atoms with Crippen LogP contribution in [0.5, 0.6) is 5.75 Å². The van der Waals surface area contributed by atoms with E-state index in [2.05, 4.69) is 54.9 Å². The van der Waals surface area contributed by atoms with Gasteiger partial charge in [-0.3, -0.25) is 4.79 Å². The van der Waals surface area contributed by atoms with Crippen LogP contribution in [0.15, 0.2) is 48.5 Å². The van der Waals surface area contributed by atoms with Crippen molar-refractivity contribution in [1.82, 2.24) is 15.1 Å². The second kappa shape index (κ2) is 10.0. The Kier molecular flexibility index (Phi) is 6.92. The molecule has 0 saturated carbocycles. The fraction of sp³-hybridized carbons (Fsp3) is 0.370. The van der Waals surface area contributed by atoms with Crippen molar-refractivity contribution in [2.45, 2.75) is 34.1 Å². The molecule has 6 heteroatoms. The zero-order chi connectivity index (χ0) is 23.4. The summed E-state index contributed by atoms with van der Waals surface area (Å²) in [6, 6.07) is 16.3. The van der Waals surface area contributed by atoms with Gasteiger partial charge in [0.15, 0.2) is 12.4 Å². The number of piperazine rings is 1. The molecule has 1 saturated heterocycles. The van der Waals surface area contributed by atoms with Crippen LogP contribution in [-0.4, -0.2) is 53.8 Å². The van der Waals surface area contributed by atoms with E-state index in [0.29, 0.717) is 13.1 Å². The van der Waals surface area contributed by atoms with Gasteiger partial charge in [-0.25, -0.2) is 0 Å². The Hall–Kier alpha value is -3.41. The van der Waals surface area contributed by atoms with Crippen LogP contribution in [-0.2, 0) is 11.2 Å². The summed E-state index contributed by atoms with van der Waals surface area (Å²) < 4.78 is 5.81. The minimum Gasteiger partial charge on any atom is -0.483 e. The van der Waals surface area contributed by atoms with Crippen LogP contribution < -0.4 is 9.64 Å². The SMILES string of the molecule is CCc1ccccc1OCC(=O)N1CCN(c2ccc(-c3cc(C)c(C)cc3C)nn2)CC1. The molecule has 0 aliphatic carbocycles. The van der Waals surface area contributed by atoms with Crippen molar-refractivity contribution in [3.8, 4) is 17.0 Å². The largest absolute Gasteiger partial charge is 0.483 e. The van der Waals surface area contributed by atoms with Gasteiger partial charge in [0.25, 0.3) is 5.91 Å². The van der Waals surface area contributed by atoms with E-state index in [1.807, 2.05) is 41.3 Å². The topological polar surface area (TPSA) is 58.6 Å². The number of hydrogen-bond acceptors (Lipinski definition) is 5. The molecule has 1 aliphatic heterocycles. The number of para-hydroxylation sites is 1. The maximum absolute atomic E-state index is 12.7. The molecule has 0 spiro atoms. The van der Waals surface area contributed by atoms with Gasteiger partial charge in [0, 0.05) is 31.7 Å².